The Morgan fingerprint density at radius 2 is 1.69 bits per heavy atom. The number of piperazine rings is 1. The van der Waals surface area contributed by atoms with Crippen molar-refractivity contribution < 1.29 is 8.42 Å². The Labute approximate surface area is 178 Å². The van der Waals surface area contributed by atoms with Crippen LogP contribution >= 0.6 is 11.6 Å². The molecule has 0 radical (unpaired) electrons. The molecule has 1 aliphatic carbocycles. The third-order valence-electron chi connectivity index (χ3n) is 5.89. The van der Waals surface area contributed by atoms with Crippen LogP contribution in [0.15, 0.2) is 11.0 Å². The zero-order valence-corrected chi connectivity index (χ0v) is 19.3. The van der Waals surface area contributed by atoms with Gasteiger partial charge in [0.2, 0.25) is 0 Å². The minimum absolute atomic E-state index is 0.0930. The van der Waals surface area contributed by atoms with Gasteiger partial charge in [-0.05, 0) is 33.6 Å². The quantitative estimate of drug-likeness (QED) is 0.710. The van der Waals surface area contributed by atoms with Crippen molar-refractivity contribution in [2.24, 2.45) is 0 Å². The Morgan fingerprint density at radius 1 is 1.10 bits per heavy atom. The second-order valence-electron chi connectivity index (χ2n) is 8.93. The molecule has 1 aromatic rings. The molecule has 29 heavy (non-hydrogen) atoms. The lowest BCUT2D eigenvalue weighted by Gasteiger charge is -2.39. The maximum absolute atomic E-state index is 13.0. The minimum Gasteiger partial charge on any atom is -0.366 e. The summed E-state index contributed by atoms with van der Waals surface area (Å²) in [5.41, 5.74) is -0.228. The van der Waals surface area contributed by atoms with E-state index in [9.17, 15) is 13.2 Å². The molecular formula is C19H32ClN5O3S. The average molecular weight is 446 g/mol. The van der Waals surface area contributed by atoms with Crippen molar-refractivity contribution in [3.63, 3.8) is 0 Å². The predicted octanol–water partition coefficient (Wildman–Crippen LogP) is 2.28. The van der Waals surface area contributed by atoms with Crippen molar-refractivity contribution in [3.05, 3.63) is 21.6 Å². The average Bonchev–Trinajstić information content (AvgIpc) is 2.69. The standard InChI is InChI=1S/C19H32ClN5O3S/c1-19(2,3)25-18(26)17(20)16(14-21-25)23-10-12-24(13-11-23)29(27,28)22(4)15-8-6-5-7-9-15/h14-15H,5-13H2,1-4H3. The third kappa shape index (κ3) is 4.62. The van der Waals surface area contributed by atoms with E-state index in [-0.39, 0.29) is 16.6 Å². The fourth-order valence-electron chi connectivity index (χ4n) is 4.10. The molecular weight excluding hydrogens is 414 g/mol. The van der Waals surface area contributed by atoms with Gasteiger partial charge in [0.25, 0.3) is 15.8 Å². The van der Waals surface area contributed by atoms with Gasteiger partial charge in [0.15, 0.2) is 0 Å². The van der Waals surface area contributed by atoms with Crippen molar-refractivity contribution in [1.29, 1.82) is 0 Å². The van der Waals surface area contributed by atoms with Gasteiger partial charge in [-0.2, -0.15) is 22.1 Å². The fraction of sp³-hybridized carbons (Fsp3) is 0.789. The fourth-order valence-corrected chi connectivity index (χ4v) is 5.92. The third-order valence-corrected chi connectivity index (χ3v) is 8.29. The Kier molecular flexibility index (Phi) is 6.62. The van der Waals surface area contributed by atoms with Crippen molar-refractivity contribution in [1.82, 2.24) is 18.4 Å². The molecule has 164 valence electrons. The molecule has 0 atom stereocenters. The number of anilines is 1. The number of aromatic nitrogens is 2. The van der Waals surface area contributed by atoms with Gasteiger partial charge in [-0.1, -0.05) is 30.9 Å². The lowest BCUT2D eigenvalue weighted by atomic mass is 9.96. The highest BCUT2D eigenvalue weighted by atomic mass is 35.5. The molecule has 2 fully saturated rings. The Balaban J connectivity index is 1.70. The van der Waals surface area contributed by atoms with Gasteiger partial charge in [-0.3, -0.25) is 4.79 Å². The summed E-state index contributed by atoms with van der Waals surface area (Å²) in [5, 5.41) is 4.41. The Hall–Kier alpha value is -1.16. The van der Waals surface area contributed by atoms with E-state index in [4.69, 9.17) is 11.6 Å². The van der Waals surface area contributed by atoms with Gasteiger partial charge in [0.05, 0.1) is 17.4 Å². The molecule has 0 bridgehead atoms. The first-order valence-corrected chi connectivity index (χ1v) is 12.1. The van der Waals surface area contributed by atoms with E-state index in [0.29, 0.717) is 31.9 Å². The van der Waals surface area contributed by atoms with E-state index in [0.717, 1.165) is 25.7 Å². The topological polar surface area (TPSA) is 78.8 Å². The molecule has 0 aromatic carbocycles. The largest absolute Gasteiger partial charge is 0.366 e. The molecule has 0 amide bonds. The Bertz CT molecular complexity index is 882. The zero-order chi connectivity index (χ0) is 21.4. The van der Waals surface area contributed by atoms with Crippen LogP contribution in [0.5, 0.6) is 0 Å². The number of rotatable bonds is 4. The molecule has 1 saturated heterocycles. The van der Waals surface area contributed by atoms with Gasteiger partial charge in [0.1, 0.15) is 5.02 Å². The summed E-state index contributed by atoms with van der Waals surface area (Å²) in [4.78, 5) is 14.5. The van der Waals surface area contributed by atoms with Gasteiger partial charge in [0, 0.05) is 39.3 Å². The highest BCUT2D eigenvalue weighted by Crippen LogP contribution is 2.27. The molecule has 10 heteroatoms. The van der Waals surface area contributed by atoms with Crippen LogP contribution in [0.1, 0.15) is 52.9 Å². The highest BCUT2D eigenvalue weighted by molar-refractivity contribution is 7.86. The van der Waals surface area contributed by atoms with Crippen LogP contribution in [0.4, 0.5) is 5.69 Å². The highest BCUT2D eigenvalue weighted by Gasteiger charge is 2.35. The normalized spacial score (nSPS) is 20.4. The van der Waals surface area contributed by atoms with Gasteiger partial charge in [-0.25, -0.2) is 4.68 Å². The summed E-state index contributed by atoms with van der Waals surface area (Å²) in [7, 11) is -1.79. The number of hydrogen-bond donors (Lipinski definition) is 0. The molecule has 0 spiro atoms. The Morgan fingerprint density at radius 3 is 2.24 bits per heavy atom. The van der Waals surface area contributed by atoms with Crippen LogP contribution < -0.4 is 10.5 Å². The summed E-state index contributed by atoms with van der Waals surface area (Å²) in [6, 6.07) is 0.0930. The van der Waals surface area contributed by atoms with Crippen LogP contribution in [0, 0.1) is 0 Å². The molecule has 0 unspecified atom stereocenters. The second kappa shape index (κ2) is 8.53. The maximum Gasteiger partial charge on any atom is 0.288 e. The number of halogens is 1. The van der Waals surface area contributed by atoms with E-state index in [1.54, 1.807) is 17.5 Å². The van der Waals surface area contributed by atoms with Crippen molar-refractivity contribution in [2.45, 2.75) is 64.5 Å². The summed E-state index contributed by atoms with van der Waals surface area (Å²) in [6.07, 6.45) is 6.83. The molecule has 1 aromatic heterocycles. The lowest BCUT2D eigenvalue weighted by molar-refractivity contribution is 0.259. The van der Waals surface area contributed by atoms with E-state index in [1.165, 1.54) is 15.4 Å². The monoisotopic (exact) mass is 445 g/mol. The SMILES string of the molecule is CN(C1CCCCC1)S(=O)(=O)N1CCN(c2cnn(C(C)(C)C)c(=O)c2Cl)CC1. The molecule has 3 rings (SSSR count). The molecule has 2 aliphatic rings. The predicted molar refractivity (Wildman–Crippen MR) is 116 cm³/mol. The maximum atomic E-state index is 13.0. The van der Waals surface area contributed by atoms with Gasteiger partial charge in [-0.15, -0.1) is 0 Å². The van der Waals surface area contributed by atoms with Crippen LogP contribution in [0.25, 0.3) is 0 Å². The molecule has 1 saturated carbocycles. The summed E-state index contributed by atoms with van der Waals surface area (Å²) < 4.78 is 30.6. The zero-order valence-electron chi connectivity index (χ0n) is 17.8. The van der Waals surface area contributed by atoms with Crippen molar-refractivity contribution >= 4 is 27.5 Å². The van der Waals surface area contributed by atoms with E-state index < -0.39 is 15.7 Å². The lowest BCUT2D eigenvalue weighted by Crippen LogP contribution is -2.54. The van der Waals surface area contributed by atoms with Gasteiger partial charge >= 0.3 is 0 Å². The van der Waals surface area contributed by atoms with E-state index in [2.05, 4.69) is 5.10 Å². The number of nitrogens with zero attached hydrogens (tertiary/aromatic N) is 5. The van der Waals surface area contributed by atoms with Crippen molar-refractivity contribution in [2.75, 3.05) is 38.1 Å². The molecule has 8 nitrogen and oxygen atoms in total. The van der Waals surface area contributed by atoms with Crippen LogP contribution in [0.2, 0.25) is 5.02 Å². The van der Waals surface area contributed by atoms with Crippen molar-refractivity contribution in [3.8, 4) is 0 Å². The minimum atomic E-state index is -3.49. The molecule has 0 N–H and O–H groups in total. The van der Waals surface area contributed by atoms with Crippen LogP contribution in [0.3, 0.4) is 0 Å². The van der Waals surface area contributed by atoms with Gasteiger partial charge < -0.3 is 4.90 Å². The second-order valence-corrected chi connectivity index (χ2v) is 11.3. The number of hydrogen-bond acceptors (Lipinski definition) is 5. The van der Waals surface area contributed by atoms with Crippen LogP contribution in [-0.2, 0) is 15.7 Å². The summed E-state index contributed by atoms with van der Waals surface area (Å²) in [5.74, 6) is 0. The first-order valence-electron chi connectivity index (χ1n) is 10.3. The first kappa shape index (κ1) is 22.5. The summed E-state index contributed by atoms with van der Waals surface area (Å²) >= 11 is 6.36. The molecule has 2 heterocycles. The summed E-state index contributed by atoms with van der Waals surface area (Å²) in [6.45, 7) is 7.34. The van der Waals surface area contributed by atoms with E-state index >= 15 is 0 Å². The molecule has 1 aliphatic heterocycles. The van der Waals surface area contributed by atoms with Crippen LogP contribution in [-0.4, -0.2) is 66.1 Å². The van der Waals surface area contributed by atoms with E-state index in [1.807, 2.05) is 25.7 Å². The first-order chi connectivity index (χ1) is 13.5. The smallest absolute Gasteiger partial charge is 0.288 e.